The monoisotopic (exact) mass is 251 g/mol. The molecule has 0 aliphatic heterocycles. The predicted molar refractivity (Wildman–Crippen MR) is 68.2 cm³/mol. The molecule has 1 heterocycles. The molecule has 1 unspecified atom stereocenters. The van der Waals surface area contributed by atoms with Gasteiger partial charge in [0, 0.05) is 11.8 Å². The van der Waals surface area contributed by atoms with Gasteiger partial charge in [0.25, 0.3) is 0 Å². The number of rotatable bonds is 5. The van der Waals surface area contributed by atoms with Crippen LogP contribution >= 0.6 is 11.8 Å². The second kappa shape index (κ2) is 5.89. The summed E-state index contributed by atoms with van der Waals surface area (Å²) in [5, 5.41) is 0.167. The molecule has 0 bridgehead atoms. The first-order chi connectivity index (χ1) is 8.29. The Morgan fingerprint density at radius 1 is 1.24 bits per heavy atom. The Bertz CT molecular complexity index is 441. The lowest BCUT2D eigenvalue weighted by atomic mass is 10.1. The number of furan rings is 1. The van der Waals surface area contributed by atoms with E-state index >= 15 is 0 Å². The minimum absolute atomic E-state index is 0.167. The second-order valence-corrected chi connectivity index (χ2v) is 4.86. The lowest BCUT2D eigenvalue weighted by molar-refractivity contribution is 0.530. The van der Waals surface area contributed by atoms with Gasteiger partial charge in [-0.15, -0.1) is 11.8 Å². The molecule has 0 aliphatic carbocycles. The van der Waals surface area contributed by atoms with E-state index in [1.54, 1.807) is 30.2 Å². The SMILES string of the molecule is NCC(SCc1ccco1)c1ccc(F)cc1. The third-order valence-electron chi connectivity index (χ3n) is 2.46. The summed E-state index contributed by atoms with van der Waals surface area (Å²) in [7, 11) is 0. The molecule has 0 fully saturated rings. The van der Waals surface area contributed by atoms with Crippen LogP contribution in [0.4, 0.5) is 4.39 Å². The largest absolute Gasteiger partial charge is 0.468 e. The van der Waals surface area contributed by atoms with Crippen molar-refractivity contribution in [1.29, 1.82) is 0 Å². The molecule has 0 saturated carbocycles. The van der Waals surface area contributed by atoms with Crippen LogP contribution in [0.5, 0.6) is 0 Å². The van der Waals surface area contributed by atoms with Crippen LogP contribution in [0.3, 0.4) is 0 Å². The number of halogens is 1. The van der Waals surface area contributed by atoms with E-state index in [1.165, 1.54) is 12.1 Å². The first-order valence-electron chi connectivity index (χ1n) is 5.39. The molecule has 0 aliphatic rings. The molecule has 4 heteroatoms. The predicted octanol–water partition coefficient (Wildman–Crippen LogP) is 3.35. The Morgan fingerprint density at radius 2 is 2.00 bits per heavy atom. The van der Waals surface area contributed by atoms with Crippen molar-refractivity contribution in [3.8, 4) is 0 Å². The third-order valence-corrected chi connectivity index (χ3v) is 3.78. The van der Waals surface area contributed by atoms with E-state index in [0.717, 1.165) is 17.1 Å². The molecule has 2 rings (SSSR count). The summed E-state index contributed by atoms with van der Waals surface area (Å²) in [6.45, 7) is 0.525. The molecule has 1 atom stereocenters. The highest BCUT2D eigenvalue weighted by Crippen LogP contribution is 2.30. The summed E-state index contributed by atoms with van der Waals surface area (Å²) in [6.07, 6.45) is 1.66. The van der Waals surface area contributed by atoms with Gasteiger partial charge in [-0.05, 0) is 29.8 Å². The zero-order valence-electron chi connectivity index (χ0n) is 9.30. The summed E-state index contributed by atoms with van der Waals surface area (Å²) in [5.41, 5.74) is 6.78. The molecule has 2 nitrogen and oxygen atoms in total. The van der Waals surface area contributed by atoms with Crippen LogP contribution in [0, 0.1) is 5.82 Å². The molecule has 2 aromatic rings. The molecular formula is C13H14FNOS. The van der Waals surface area contributed by atoms with Crippen molar-refractivity contribution in [2.45, 2.75) is 11.0 Å². The number of hydrogen-bond acceptors (Lipinski definition) is 3. The van der Waals surface area contributed by atoms with Crippen LogP contribution < -0.4 is 5.73 Å². The first kappa shape index (κ1) is 12.2. The fourth-order valence-corrected chi connectivity index (χ4v) is 2.57. The van der Waals surface area contributed by atoms with Crippen LogP contribution in [0.15, 0.2) is 47.1 Å². The highest BCUT2D eigenvalue weighted by Gasteiger charge is 2.11. The van der Waals surface area contributed by atoms with Gasteiger partial charge in [-0.25, -0.2) is 4.39 Å². The molecule has 1 aromatic heterocycles. The zero-order chi connectivity index (χ0) is 12.1. The maximum Gasteiger partial charge on any atom is 0.123 e. The van der Waals surface area contributed by atoms with Crippen LogP contribution in [-0.2, 0) is 5.75 Å². The lowest BCUT2D eigenvalue weighted by Gasteiger charge is -2.13. The zero-order valence-corrected chi connectivity index (χ0v) is 10.1. The quantitative estimate of drug-likeness (QED) is 0.885. The Kier molecular flexibility index (Phi) is 4.23. The van der Waals surface area contributed by atoms with E-state index in [1.807, 2.05) is 12.1 Å². The van der Waals surface area contributed by atoms with Gasteiger partial charge in [0.05, 0.1) is 12.0 Å². The Labute approximate surface area is 104 Å². The van der Waals surface area contributed by atoms with Crippen molar-refractivity contribution in [2.24, 2.45) is 5.73 Å². The minimum Gasteiger partial charge on any atom is -0.468 e. The lowest BCUT2D eigenvalue weighted by Crippen LogP contribution is -2.09. The van der Waals surface area contributed by atoms with Crippen LogP contribution in [0.2, 0.25) is 0 Å². The topological polar surface area (TPSA) is 39.2 Å². The highest BCUT2D eigenvalue weighted by atomic mass is 32.2. The van der Waals surface area contributed by atoms with Crippen molar-refractivity contribution in [3.63, 3.8) is 0 Å². The highest BCUT2D eigenvalue weighted by molar-refractivity contribution is 7.98. The van der Waals surface area contributed by atoms with E-state index in [4.69, 9.17) is 10.2 Å². The fourth-order valence-electron chi connectivity index (χ4n) is 1.56. The van der Waals surface area contributed by atoms with Crippen molar-refractivity contribution in [2.75, 3.05) is 6.54 Å². The summed E-state index contributed by atoms with van der Waals surface area (Å²) in [4.78, 5) is 0. The smallest absolute Gasteiger partial charge is 0.123 e. The van der Waals surface area contributed by atoms with Crippen molar-refractivity contribution >= 4 is 11.8 Å². The standard InChI is InChI=1S/C13H14FNOS/c14-11-5-3-10(4-6-11)13(8-15)17-9-12-2-1-7-16-12/h1-7,13H,8-9,15H2. The summed E-state index contributed by atoms with van der Waals surface area (Å²) in [5.74, 6) is 1.47. The first-order valence-corrected chi connectivity index (χ1v) is 6.44. The molecule has 0 radical (unpaired) electrons. The Morgan fingerprint density at radius 3 is 2.59 bits per heavy atom. The Balaban J connectivity index is 1.99. The average molecular weight is 251 g/mol. The minimum atomic E-state index is -0.222. The average Bonchev–Trinajstić information content (AvgIpc) is 2.85. The van der Waals surface area contributed by atoms with E-state index in [0.29, 0.717) is 6.54 Å². The van der Waals surface area contributed by atoms with Crippen LogP contribution in [0.25, 0.3) is 0 Å². The van der Waals surface area contributed by atoms with Crippen molar-refractivity contribution in [3.05, 3.63) is 59.8 Å². The third kappa shape index (κ3) is 3.35. The molecule has 2 N–H and O–H groups in total. The molecule has 90 valence electrons. The normalized spacial score (nSPS) is 12.6. The van der Waals surface area contributed by atoms with E-state index in [-0.39, 0.29) is 11.1 Å². The molecule has 17 heavy (non-hydrogen) atoms. The molecule has 0 amide bonds. The fraction of sp³-hybridized carbons (Fsp3) is 0.231. The van der Waals surface area contributed by atoms with Gasteiger partial charge in [-0.1, -0.05) is 12.1 Å². The number of nitrogens with two attached hydrogens (primary N) is 1. The molecule has 0 saturated heterocycles. The molecular weight excluding hydrogens is 237 g/mol. The number of hydrogen-bond donors (Lipinski definition) is 1. The summed E-state index contributed by atoms with van der Waals surface area (Å²) >= 11 is 1.70. The molecule has 1 aromatic carbocycles. The van der Waals surface area contributed by atoms with Gasteiger partial charge in [-0.3, -0.25) is 0 Å². The molecule has 0 spiro atoms. The maximum atomic E-state index is 12.8. The van der Waals surface area contributed by atoms with Gasteiger partial charge in [0.1, 0.15) is 11.6 Å². The van der Waals surface area contributed by atoms with E-state index < -0.39 is 0 Å². The van der Waals surface area contributed by atoms with Crippen LogP contribution in [-0.4, -0.2) is 6.54 Å². The van der Waals surface area contributed by atoms with Gasteiger partial charge in [-0.2, -0.15) is 0 Å². The number of benzene rings is 1. The van der Waals surface area contributed by atoms with E-state index in [9.17, 15) is 4.39 Å². The van der Waals surface area contributed by atoms with Gasteiger partial charge >= 0.3 is 0 Å². The van der Waals surface area contributed by atoms with Crippen molar-refractivity contribution in [1.82, 2.24) is 0 Å². The summed E-state index contributed by atoms with van der Waals surface area (Å²) in [6, 6.07) is 10.3. The summed E-state index contributed by atoms with van der Waals surface area (Å²) < 4.78 is 18.1. The van der Waals surface area contributed by atoms with Gasteiger partial charge in [0.2, 0.25) is 0 Å². The number of thioether (sulfide) groups is 1. The van der Waals surface area contributed by atoms with Crippen molar-refractivity contribution < 1.29 is 8.81 Å². The van der Waals surface area contributed by atoms with E-state index in [2.05, 4.69) is 0 Å². The second-order valence-electron chi connectivity index (χ2n) is 3.67. The Hall–Kier alpha value is -1.26. The van der Waals surface area contributed by atoms with Gasteiger partial charge < -0.3 is 10.2 Å². The van der Waals surface area contributed by atoms with Gasteiger partial charge in [0.15, 0.2) is 0 Å². The van der Waals surface area contributed by atoms with Crippen LogP contribution in [0.1, 0.15) is 16.6 Å². The maximum absolute atomic E-state index is 12.8.